The summed E-state index contributed by atoms with van der Waals surface area (Å²) in [6.07, 6.45) is 6.30. The minimum Gasteiger partial charge on any atom is -0.454 e. The Bertz CT molecular complexity index is 1590. The highest BCUT2D eigenvalue weighted by molar-refractivity contribution is 6.03. The third kappa shape index (κ3) is 4.85. The molecule has 11 heteroatoms. The normalized spacial score (nSPS) is 10.7. The van der Waals surface area contributed by atoms with Crippen LogP contribution in [0.15, 0.2) is 79.4 Å². The van der Waals surface area contributed by atoms with Gasteiger partial charge in [-0.1, -0.05) is 0 Å². The molecule has 0 atom stereocenters. The number of nitrogens with one attached hydrogen (secondary N) is 2. The number of amides is 2. The second-order valence-corrected chi connectivity index (χ2v) is 7.62. The minimum atomic E-state index is -0.692. The Morgan fingerprint density at radius 1 is 0.944 bits per heavy atom. The van der Waals surface area contributed by atoms with Crippen LogP contribution in [0.5, 0.6) is 11.5 Å². The summed E-state index contributed by atoms with van der Waals surface area (Å²) in [6.45, 7) is 1.35. The monoisotopic (exact) mass is 483 g/mol. The lowest BCUT2D eigenvalue weighted by molar-refractivity contribution is -0.114. The highest BCUT2D eigenvalue weighted by Crippen LogP contribution is 2.28. The lowest BCUT2D eigenvalue weighted by atomic mass is 10.1. The summed E-state index contributed by atoms with van der Waals surface area (Å²) in [7, 11) is 0. The van der Waals surface area contributed by atoms with Crippen molar-refractivity contribution in [3.8, 4) is 22.8 Å². The van der Waals surface area contributed by atoms with Crippen molar-refractivity contribution < 1.29 is 18.7 Å². The van der Waals surface area contributed by atoms with Crippen LogP contribution < -0.4 is 15.4 Å². The number of carbonyl (C=O) groups is 2. The number of hydrogen-bond acceptors (Lipinski definition) is 7. The molecule has 0 aliphatic rings. The van der Waals surface area contributed by atoms with Gasteiger partial charge in [0.25, 0.3) is 5.91 Å². The standard InChI is InChI=1S/C25H18FN7O3/c1-15(34)30-23-13-18(6-10-28-23)36-22-3-2-17(12-19(22)26)31-25(35)20-14-21(16-4-8-27-9-5-16)33-24(32-20)7-11-29-33/h2-14H,1H3,(H,31,35)(H,28,30,34). The number of rotatable bonds is 6. The fourth-order valence-electron chi connectivity index (χ4n) is 3.46. The molecule has 0 bridgehead atoms. The number of pyridine rings is 2. The van der Waals surface area contributed by atoms with Crippen molar-refractivity contribution >= 4 is 29.0 Å². The van der Waals surface area contributed by atoms with Gasteiger partial charge in [-0.3, -0.25) is 14.6 Å². The Morgan fingerprint density at radius 2 is 1.78 bits per heavy atom. The predicted molar refractivity (Wildman–Crippen MR) is 129 cm³/mol. The molecule has 5 rings (SSSR count). The van der Waals surface area contributed by atoms with Gasteiger partial charge in [0.05, 0.1) is 11.9 Å². The van der Waals surface area contributed by atoms with Gasteiger partial charge >= 0.3 is 0 Å². The van der Waals surface area contributed by atoms with Crippen molar-refractivity contribution in [2.45, 2.75) is 6.92 Å². The Balaban J connectivity index is 1.36. The molecule has 0 spiro atoms. The second-order valence-electron chi connectivity index (χ2n) is 7.62. The molecule has 10 nitrogen and oxygen atoms in total. The lowest BCUT2D eigenvalue weighted by Gasteiger charge is -2.11. The molecular formula is C25H18FN7O3. The molecule has 2 amide bonds. The number of aromatic nitrogens is 5. The van der Waals surface area contributed by atoms with Gasteiger partial charge in [0.15, 0.2) is 17.2 Å². The van der Waals surface area contributed by atoms with E-state index in [1.807, 2.05) is 0 Å². The van der Waals surface area contributed by atoms with E-state index in [0.717, 1.165) is 11.6 Å². The summed E-state index contributed by atoms with van der Waals surface area (Å²) in [5.74, 6) is -1.00. The fourth-order valence-corrected chi connectivity index (χ4v) is 3.46. The van der Waals surface area contributed by atoms with E-state index in [9.17, 15) is 14.0 Å². The van der Waals surface area contributed by atoms with Crippen molar-refractivity contribution in [3.05, 3.63) is 90.9 Å². The molecule has 0 aliphatic carbocycles. The number of benzene rings is 1. The first kappa shape index (κ1) is 22.6. The van der Waals surface area contributed by atoms with E-state index < -0.39 is 11.7 Å². The number of anilines is 2. The molecule has 4 heterocycles. The molecule has 1 aromatic carbocycles. The van der Waals surface area contributed by atoms with Crippen LogP contribution in [0.4, 0.5) is 15.9 Å². The highest BCUT2D eigenvalue weighted by atomic mass is 19.1. The van der Waals surface area contributed by atoms with Crippen molar-refractivity contribution in [2.75, 3.05) is 10.6 Å². The maximum atomic E-state index is 14.8. The Labute approximate surface area is 203 Å². The number of carbonyl (C=O) groups excluding carboxylic acids is 2. The van der Waals surface area contributed by atoms with Crippen LogP contribution in [0.1, 0.15) is 17.4 Å². The van der Waals surface area contributed by atoms with E-state index in [4.69, 9.17) is 4.74 Å². The van der Waals surface area contributed by atoms with E-state index in [1.54, 1.807) is 47.4 Å². The zero-order valence-corrected chi connectivity index (χ0v) is 18.8. The summed E-state index contributed by atoms with van der Waals surface area (Å²) in [4.78, 5) is 36.5. The minimum absolute atomic E-state index is 0.0632. The van der Waals surface area contributed by atoms with E-state index in [0.29, 0.717) is 11.3 Å². The smallest absolute Gasteiger partial charge is 0.274 e. The van der Waals surface area contributed by atoms with Crippen LogP contribution in [0, 0.1) is 5.82 Å². The maximum absolute atomic E-state index is 14.8. The molecule has 5 aromatic rings. The lowest BCUT2D eigenvalue weighted by Crippen LogP contribution is -2.15. The van der Waals surface area contributed by atoms with E-state index >= 15 is 0 Å². The van der Waals surface area contributed by atoms with Crippen LogP contribution in [-0.2, 0) is 4.79 Å². The first-order valence-corrected chi connectivity index (χ1v) is 10.7. The van der Waals surface area contributed by atoms with E-state index in [-0.39, 0.29) is 34.6 Å². The SMILES string of the molecule is CC(=O)Nc1cc(Oc2ccc(NC(=O)c3cc(-c4ccncc4)n4nccc4n3)cc2F)ccn1. The quantitative estimate of drug-likeness (QED) is 0.368. The van der Waals surface area contributed by atoms with Crippen LogP contribution in [0.2, 0.25) is 0 Å². The largest absolute Gasteiger partial charge is 0.454 e. The number of halogens is 1. The number of nitrogens with zero attached hydrogens (tertiary/aromatic N) is 5. The molecule has 0 fully saturated rings. The topological polar surface area (TPSA) is 123 Å². The van der Waals surface area contributed by atoms with Crippen molar-refractivity contribution in [1.29, 1.82) is 0 Å². The van der Waals surface area contributed by atoms with Crippen molar-refractivity contribution in [2.24, 2.45) is 0 Å². The Hall–Kier alpha value is -5.19. The third-order valence-electron chi connectivity index (χ3n) is 5.02. The maximum Gasteiger partial charge on any atom is 0.274 e. The third-order valence-corrected chi connectivity index (χ3v) is 5.02. The average Bonchev–Trinajstić information content (AvgIpc) is 3.34. The van der Waals surface area contributed by atoms with Gasteiger partial charge in [0.1, 0.15) is 17.3 Å². The van der Waals surface area contributed by atoms with Crippen LogP contribution >= 0.6 is 0 Å². The van der Waals surface area contributed by atoms with Crippen LogP contribution in [0.3, 0.4) is 0 Å². The van der Waals surface area contributed by atoms with Crippen molar-refractivity contribution in [3.63, 3.8) is 0 Å². The Kier molecular flexibility index (Phi) is 6.02. The summed E-state index contributed by atoms with van der Waals surface area (Å²) in [5, 5.41) is 9.46. The van der Waals surface area contributed by atoms with Gasteiger partial charge in [-0.2, -0.15) is 5.10 Å². The number of ether oxygens (including phenoxy) is 1. The molecule has 0 aliphatic heterocycles. The van der Waals surface area contributed by atoms with Gasteiger partial charge in [-0.05, 0) is 36.4 Å². The molecular weight excluding hydrogens is 465 g/mol. The van der Waals surface area contributed by atoms with Gasteiger partial charge in [0, 0.05) is 55.0 Å². The van der Waals surface area contributed by atoms with Crippen LogP contribution in [0.25, 0.3) is 16.9 Å². The van der Waals surface area contributed by atoms with Crippen molar-refractivity contribution in [1.82, 2.24) is 24.6 Å². The summed E-state index contributed by atoms with van der Waals surface area (Å²) in [5.41, 5.74) is 2.31. The van der Waals surface area contributed by atoms with Crippen LogP contribution in [-0.4, -0.2) is 36.4 Å². The molecule has 2 N–H and O–H groups in total. The Morgan fingerprint density at radius 3 is 2.56 bits per heavy atom. The molecule has 0 radical (unpaired) electrons. The van der Waals surface area contributed by atoms with Gasteiger partial charge in [0.2, 0.25) is 5.91 Å². The summed E-state index contributed by atoms with van der Waals surface area (Å²) < 4.78 is 21.9. The molecule has 0 saturated heterocycles. The average molecular weight is 483 g/mol. The highest BCUT2D eigenvalue weighted by Gasteiger charge is 2.16. The molecule has 36 heavy (non-hydrogen) atoms. The van der Waals surface area contributed by atoms with Gasteiger partial charge in [-0.15, -0.1) is 0 Å². The first-order valence-electron chi connectivity index (χ1n) is 10.7. The molecule has 0 unspecified atom stereocenters. The van der Waals surface area contributed by atoms with E-state index in [1.165, 1.54) is 37.4 Å². The number of hydrogen-bond donors (Lipinski definition) is 2. The second kappa shape index (κ2) is 9.58. The van der Waals surface area contributed by atoms with Gasteiger partial charge < -0.3 is 15.4 Å². The predicted octanol–water partition coefficient (Wildman–Crippen LogP) is 4.33. The molecule has 178 valence electrons. The molecule has 0 saturated carbocycles. The number of fused-ring (bicyclic) bond motifs is 1. The van der Waals surface area contributed by atoms with E-state index in [2.05, 4.69) is 30.7 Å². The summed E-state index contributed by atoms with van der Waals surface area (Å²) >= 11 is 0. The first-order chi connectivity index (χ1) is 17.5. The summed E-state index contributed by atoms with van der Waals surface area (Å²) in [6, 6.07) is 13.9. The zero-order chi connectivity index (χ0) is 25.1. The fraction of sp³-hybridized carbons (Fsp3) is 0.0400. The van der Waals surface area contributed by atoms with Gasteiger partial charge in [-0.25, -0.2) is 18.9 Å². The molecule has 4 aromatic heterocycles. The zero-order valence-electron chi connectivity index (χ0n) is 18.8.